The number of rotatable bonds is 0. The van der Waals surface area contributed by atoms with Crippen molar-refractivity contribution in [2.75, 3.05) is 0 Å². The molecule has 0 rings (SSSR count). The van der Waals surface area contributed by atoms with Crippen molar-refractivity contribution in [2.24, 2.45) is 0 Å². The zero-order valence-corrected chi connectivity index (χ0v) is 4.61. The molecule has 0 atom stereocenters. The smallest absolute Gasteiger partial charge is 0 e. The maximum atomic E-state index is 0. The summed E-state index contributed by atoms with van der Waals surface area (Å²) >= 11 is 0. The normalized spacial score (nSPS) is 0. The fourth-order valence-corrected chi connectivity index (χ4v) is 0. The Balaban J connectivity index is 0. The SMILES string of the molecule is C.N.[Ti].[V]. The Bertz CT molecular complexity index is 8.00. The van der Waals surface area contributed by atoms with Crippen LogP contribution in [0.4, 0.5) is 0 Å². The third-order valence-corrected chi connectivity index (χ3v) is 0. The summed E-state index contributed by atoms with van der Waals surface area (Å²) in [5.74, 6) is 0. The summed E-state index contributed by atoms with van der Waals surface area (Å²) in [5, 5.41) is 0. The van der Waals surface area contributed by atoms with Gasteiger partial charge in [-0.15, -0.1) is 0 Å². The van der Waals surface area contributed by atoms with E-state index in [9.17, 15) is 0 Å². The van der Waals surface area contributed by atoms with Gasteiger partial charge in [-0.25, -0.2) is 0 Å². The molecule has 0 aliphatic carbocycles. The van der Waals surface area contributed by atoms with Crippen LogP contribution in [0, 0.1) is 0 Å². The second kappa shape index (κ2) is 28.5. The van der Waals surface area contributed by atoms with Crippen molar-refractivity contribution in [3.8, 4) is 0 Å². The molecule has 3 N–H and O–H groups in total. The predicted molar refractivity (Wildman–Crippen MR) is 11.8 cm³/mol. The molecule has 0 amide bonds. The molecule has 0 fully saturated rings. The van der Waals surface area contributed by atoms with E-state index in [-0.39, 0.29) is 53.9 Å². The van der Waals surface area contributed by atoms with E-state index in [2.05, 4.69) is 0 Å². The summed E-state index contributed by atoms with van der Waals surface area (Å²) in [6, 6.07) is 0. The van der Waals surface area contributed by atoms with E-state index >= 15 is 0 Å². The molecule has 0 aromatic rings. The first-order chi connectivity index (χ1) is 0. The van der Waals surface area contributed by atoms with Crippen molar-refractivity contribution in [1.82, 2.24) is 6.15 Å². The molecule has 25 valence electrons. The van der Waals surface area contributed by atoms with Gasteiger partial charge in [-0.2, -0.15) is 0 Å². The van der Waals surface area contributed by atoms with Gasteiger partial charge < -0.3 is 6.15 Å². The minimum Gasteiger partial charge on any atom is -0.344 e. The van der Waals surface area contributed by atoms with Gasteiger partial charge in [-0.3, -0.25) is 0 Å². The molecule has 0 aromatic carbocycles. The van der Waals surface area contributed by atoms with Crippen molar-refractivity contribution in [3.05, 3.63) is 0 Å². The van der Waals surface area contributed by atoms with Crippen LogP contribution in [0.2, 0.25) is 0 Å². The van der Waals surface area contributed by atoms with Crippen LogP contribution < -0.4 is 6.15 Å². The molecule has 0 aromatic heterocycles. The minimum absolute atomic E-state index is 0. The van der Waals surface area contributed by atoms with Gasteiger partial charge in [-0.05, 0) is 0 Å². The van der Waals surface area contributed by atoms with E-state index in [4.69, 9.17) is 0 Å². The van der Waals surface area contributed by atoms with Gasteiger partial charge in [0, 0.05) is 40.3 Å². The average molecular weight is 132 g/mol. The number of hydrogen-bond donors (Lipinski definition) is 1. The van der Waals surface area contributed by atoms with Gasteiger partial charge in [0.25, 0.3) is 0 Å². The van der Waals surface area contributed by atoms with Crippen molar-refractivity contribution < 1.29 is 40.3 Å². The van der Waals surface area contributed by atoms with Crippen molar-refractivity contribution in [3.63, 3.8) is 0 Å². The summed E-state index contributed by atoms with van der Waals surface area (Å²) in [4.78, 5) is 0. The van der Waals surface area contributed by atoms with E-state index < -0.39 is 0 Å². The monoisotopic (exact) mass is 132 g/mol. The second-order valence-corrected chi connectivity index (χ2v) is 0. The summed E-state index contributed by atoms with van der Waals surface area (Å²) < 4.78 is 0. The molecule has 0 aliphatic rings. The van der Waals surface area contributed by atoms with E-state index in [0.717, 1.165) is 0 Å². The average Bonchev–Trinajstić information content (AvgIpc) is 0. The molecule has 0 aliphatic heterocycles. The molecule has 1 nitrogen and oxygen atoms in total. The molecule has 0 spiro atoms. The Morgan fingerprint density at radius 1 is 1.00 bits per heavy atom. The van der Waals surface area contributed by atoms with Crippen molar-refractivity contribution in [2.45, 2.75) is 7.43 Å². The van der Waals surface area contributed by atoms with Gasteiger partial charge in [0.05, 0.1) is 0 Å². The Morgan fingerprint density at radius 2 is 1.00 bits per heavy atom. The topological polar surface area (TPSA) is 35.0 Å². The van der Waals surface area contributed by atoms with E-state index in [1.165, 1.54) is 0 Å². The van der Waals surface area contributed by atoms with Crippen LogP contribution in [0.15, 0.2) is 0 Å². The fraction of sp³-hybridized carbons (Fsp3) is 1.00. The standard InChI is InChI=1S/CH4.H3N.Ti.V/h1H4;1H3;;. The molecule has 1 radical (unpaired) electrons. The molecule has 0 unspecified atom stereocenters. The van der Waals surface area contributed by atoms with Crippen LogP contribution in [-0.4, -0.2) is 0 Å². The Labute approximate surface area is 53.9 Å². The van der Waals surface area contributed by atoms with E-state index in [0.29, 0.717) is 0 Å². The molecule has 0 heterocycles. The first-order valence-corrected chi connectivity index (χ1v) is 0. The Hall–Kier alpha value is 1.26. The van der Waals surface area contributed by atoms with Crippen LogP contribution >= 0.6 is 0 Å². The van der Waals surface area contributed by atoms with Gasteiger partial charge in [-0.1, -0.05) is 7.43 Å². The molecular weight excluding hydrogens is 125 g/mol. The summed E-state index contributed by atoms with van der Waals surface area (Å²) in [5.41, 5.74) is 0. The maximum absolute atomic E-state index is 0. The quantitative estimate of drug-likeness (QED) is 0.485. The largest absolute Gasteiger partial charge is 0.344 e. The first-order valence-electron chi connectivity index (χ1n) is 0. The Morgan fingerprint density at radius 3 is 1.00 bits per heavy atom. The van der Waals surface area contributed by atoms with Crippen LogP contribution in [0.5, 0.6) is 0 Å². The minimum atomic E-state index is 0. The summed E-state index contributed by atoms with van der Waals surface area (Å²) in [6.45, 7) is 0. The van der Waals surface area contributed by atoms with Gasteiger partial charge in [0.1, 0.15) is 0 Å². The molecule has 0 saturated heterocycles. The van der Waals surface area contributed by atoms with Crippen LogP contribution in [0.3, 0.4) is 0 Å². The summed E-state index contributed by atoms with van der Waals surface area (Å²) in [6.07, 6.45) is 0. The third kappa shape index (κ3) is 10.5. The molecule has 0 saturated carbocycles. The van der Waals surface area contributed by atoms with Crippen LogP contribution in [-0.2, 0) is 40.3 Å². The zero-order valence-electron chi connectivity index (χ0n) is 1.65. The summed E-state index contributed by atoms with van der Waals surface area (Å²) in [7, 11) is 0. The maximum Gasteiger partial charge on any atom is 0 e. The van der Waals surface area contributed by atoms with E-state index in [1.54, 1.807) is 0 Å². The Kier molecular flexibility index (Phi) is 430. The van der Waals surface area contributed by atoms with Crippen molar-refractivity contribution in [1.29, 1.82) is 0 Å². The van der Waals surface area contributed by atoms with Gasteiger partial charge >= 0.3 is 0 Å². The predicted octanol–water partition coefficient (Wildman–Crippen LogP) is 0.793. The second-order valence-electron chi connectivity index (χ2n) is 0. The molecule has 0 bridgehead atoms. The molecule has 4 heavy (non-hydrogen) atoms. The van der Waals surface area contributed by atoms with E-state index in [1.807, 2.05) is 0 Å². The van der Waals surface area contributed by atoms with Crippen molar-refractivity contribution >= 4 is 0 Å². The molecule has 3 heteroatoms. The fourth-order valence-electron chi connectivity index (χ4n) is 0. The zero-order chi connectivity index (χ0) is 0. The number of hydrogen-bond acceptors (Lipinski definition) is 1. The third-order valence-electron chi connectivity index (χ3n) is 0. The van der Waals surface area contributed by atoms with Gasteiger partial charge in [0.2, 0.25) is 0 Å². The molecular formula is CH7NTiV. The van der Waals surface area contributed by atoms with Crippen LogP contribution in [0.1, 0.15) is 7.43 Å². The first kappa shape index (κ1) is 60.2. The van der Waals surface area contributed by atoms with Gasteiger partial charge in [0.15, 0.2) is 0 Å². The van der Waals surface area contributed by atoms with Crippen LogP contribution in [0.25, 0.3) is 0 Å².